The Kier molecular flexibility index (Phi) is 4.95. The first kappa shape index (κ1) is 18.0. The normalized spacial score (nSPS) is 12.4. The third-order valence-electron chi connectivity index (χ3n) is 4.76. The van der Waals surface area contributed by atoms with Crippen molar-refractivity contribution in [3.05, 3.63) is 88.8 Å². The summed E-state index contributed by atoms with van der Waals surface area (Å²) in [5, 5.41) is 0. The number of nitrogens with zero attached hydrogens (tertiary/aromatic N) is 2. The van der Waals surface area contributed by atoms with Crippen LogP contribution in [0.15, 0.2) is 80.8 Å². The van der Waals surface area contributed by atoms with Crippen molar-refractivity contribution in [2.24, 2.45) is 0 Å². The average molecular weight is 375 g/mol. The summed E-state index contributed by atoms with van der Waals surface area (Å²) >= 11 is 0. The van der Waals surface area contributed by atoms with Gasteiger partial charge < -0.3 is 13.8 Å². The quantitative estimate of drug-likeness (QED) is 0.538. The highest BCUT2D eigenvalue weighted by Crippen LogP contribution is 2.24. The van der Waals surface area contributed by atoms with Gasteiger partial charge in [0.05, 0.1) is 18.6 Å². The Bertz CT molecular complexity index is 1100. The molecular weight excluding hydrogens is 354 g/mol. The Labute approximate surface area is 162 Å². The summed E-state index contributed by atoms with van der Waals surface area (Å²) in [6.45, 7) is 2.84. The van der Waals surface area contributed by atoms with Gasteiger partial charge in [-0.2, -0.15) is 0 Å². The van der Waals surface area contributed by atoms with Gasteiger partial charge in [0.2, 0.25) is 0 Å². The van der Waals surface area contributed by atoms with Gasteiger partial charge in [0, 0.05) is 18.2 Å². The van der Waals surface area contributed by atoms with Crippen LogP contribution >= 0.6 is 0 Å². The molecule has 4 rings (SSSR count). The average Bonchev–Trinajstić information content (AvgIpc) is 3.41. The van der Waals surface area contributed by atoms with Gasteiger partial charge in [0.15, 0.2) is 5.76 Å². The zero-order valence-electron chi connectivity index (χ0n) is 15.8. The molecule has 1 N–H and O–H groups in total. The molecule has 0 saturated heterocycles. The Morgan fingerprint density at radius 3 is 2.64 bits per heavy atom. The molecule has 1 atom stereocenters. The number of aromatic nitrogens is 2. The highest BCUT2D eigenvalue weighted by atomic mass is 16.3. The molecule has 142 valence electrons. The number of aromatic amines is 1. The lowest BCUT2D eigenvalue weighted by atomic mass is 10.1. The zero-order chi connectivity index (χ0) is 19.5. The fourth-order valence-corrected chi connectivity index (χ4v) is 3.13. The van der Waals surface area contributed by atoms with E-state index in [1.165, 1.54) is 6.07 Å². The predicted molar refractivity (Wildman–Crippen MR) is 107 cm³/mol. The third kappa shape index (κ3) is 3.82. The second-order valence-electron chi connectivity index (χ2n) is 6.76. The van der Waals surface area contributed by atoms with E-state index in [1.54, 1.807) is 24.7 Å². The molecule has 0 spiro atoms. The van der Waals surface area contributed by atoms with Crippen LogP contribution in [-0.4, -0.2) is 21.9 Å². The number of nitrogens with one attached hydrogen (secondary N) is 1. The van der Waals surface area contributed by atoms with Crippen LogP contribution in [0.2, 0.25) is 0 Å². The van der Waals surface area contributed by atoms with Crippen molar-refractivity contribution >= 4 is 0 Å². The number of hydrogen-bond acceptors (Lipinski definition) is 5. The molecule has 4 aromatic rings. The van der Waals surface area contributed by atoms with Crippen molar-refractivity contribution in [3.63, 3.8) is 0 Å². The second kappa shape index (κ2) is 7.70. The Hall–Kier alpha value is -3.38. The van der Waals surface area contributed by atoms with Crippen molar-refractivity contribution in [2.45, 2.75) is 19.5 Å². The van der Waals surface area contributed by atoms with E-state index < -0.39 is 0 Å². The highest BCUT2D eigenvalue weighted by Gasteiger charge is 2.15. The molecule has 0 aliphatic rings. The van der Waals surface area contributed by atoms with E-state index in [0.717, 1.165) is 23.4 Å². The molecule has 1 aromatic carbocycles. The van der Waals surface area contributed by atoms with Gasteiger partial charge in [-0.15, -0.1) is 0 Å². The summed E-state index contributed by atoms with van der Waals surface area (Å²) in [7, 11) is 2.05. The smallest absolute Gasteiger partial charge is 0.251 e. The third-order valence-corrected chi connectivity index (χ3v) is 4.76. The minimum absolute atomic E-state index is 0.152. The van der Waals surface area contributed by atoms with Crippen LogP contribution in [-0.2, 0) is 6.54 Å². The topological polar surface area (TPSA) is 75.3 Å². The number of rotatable bonds is 6. The molecule has 28 heavy (non-hydrogen) atoms. The summed E-state index contributed by atoms with van der Waals surface area (Å²) in [6.07, 6.45) is 3.25. The molecule has 3 heterocycles. The summed E-state index contributed by atoms with van der Waals surface area (Å²) in [5.41, 5.74) is 2.26. The number of furan rings is 2. The van der Waals surface area contributed by atoms with E-state index in [4.69, 9.17) is 8.83 Å². The standard InChI is InChI=1S/C22H21N3O3/c1-15(19-8-4-10-27-19)25(2)14-16-6-3-7-17(12-16)22-23-18(13-21(26)24-22)20-9-5-11-28-20/h3-13,15H,14H2,1-2H3,(H,23,24,26). The molecule has 0 amide bonds. The second-order valence-corrected chi connectivity index (χ2v) is 6.76. The monoisotopic (exact) mass is 375 g/mol. The van der Waals surface area contributed by atoms with E-state index in [1.807, 2.05) is 30.3 Å². The molecule has 0 aliphatic heterocycles. The molecule has 6 nitrogen and oxygen atoms in total. The maximum Gasteiger partial charge on any atom is 0.251 e. The lowest BCUT2D eigenvalue weighted by Gasteiger charge is -2.23. The van der Waals surface area contributed by atoms with Crippen LogP contribution in [0.25, 0.3) is 22.8 Å². The van der Waals surface area contributed by atoms with Crippen LogP contribution in [0.4, 0.5) is 0 Å². The minimum Gasteiger partial charge on any atom is -0.468 e. The van der Waals surface area contributed by atoms with Crippen LogP contribution in [0, 0.1) is 0 Å². The maximum absolute atomic E-state index is 12.1. The molecular formula is C22H21N3O3. The van der Waals surface area contributed by atoms with Gasteiger partial charge in [0.1, 0.15) is 17.3 Å². The van der Waals surface area contributed by atoms with Gasteiger partial charge in [-0.05, 0) is 49.9 Å². The van der Waals surface area contributed by atoms with E-state index in [0.29, 0.717) is 17.3 Å². The fourth-order valence-electron chi connectivity index (χ4n) is 3.13. The van der Waals surface area contributed by atoms with Crippen molar-refractivity contribution in [1.29, 1.82) is 0 Å². The molecule has 1 unspecified atom stereocenters. The first-order valence-corrected chi connectivity index (χ1v) is 9.08. The van der Waals surface area contributed by atoms with Crippen LogP contribution < -0.4 is 5.56 Å². The summed E-state index contributed by atoms with van der Waals surface area (Å²) in [4.78, 5) is 21.7. The first-order valence-electron chi connectivity index (χ1n) is 9.08. The van der Waals surface area contributed by atoms with E-state index >= 15 is 0 Å². The van der Waals surface area contributed by atoms with Crippen molar-refractivity contribution in [2.75, 3.05) is 7.05 Å². The van der Waals surface area contributed by atoms with Crippen LogP contribution in [0.5, 0.6) is 0 Å². The predicted octanol–water partition coefficient (Wildman–Crippen LogP) is 4.48. The number of H-pyrrole nitrogens is 1. The van der Waals surface area contributed by atoms with Crippen LogP contribution in [0.3, 0.4) is 0 Å². The van der Waals surface area contributed by atoms with E-state index in [9.17, 15) is 4.79 Å². The summed E-state index contributed by atoms with van der Waals surface area (Å²) in [5.74, 6) is 2.01. The van der Waals surface area contributed by atoms with Gasteiger partial charge in [-0.25, -0.2) is 4.98 Å². The van der Waals surface area contributed by atoms with E-state index in [-0.39, 0.29) is 11.6 Å². The van der Waals surface area contributed by atoms with Crippen molar-refractivity contribution < 1.29 is 8.83 Å². The van der Waals surface area contributed by atoms with Crippen molar-refractivity contribution in [1.82, 2.24) is 14.9 Å². The number of benzene rings is 1. The zero-order valence-corrected chi connectivity index (χ0v) is 15.8. The minimum atomic E-state index is -0.217. The van der Waals surface area contributed by atoms with Gasteiger partial charge in [-0.1, -0.05) is 18.2 Å². The van der Waals surface area contributed by atoms with Crippen molar-refractivity contribution in [3.8, 4) is 22.8 Å². The molecule has 0 fully saturated rings. The maximum atomic E-state index is 12.1. The largest absolute Gasteiger partial charge is 0.468 e. The molecule has 3 aromatic heterocycles. The lowest BCUT2D eigenvalue weighted by Crippen LogP contribution is -2.21. The first-order chi connectivity index (χ1) is 13.6. The number of hydrogen-bond donors (Lipinski definition) is 1. The molecule has 0 bridgehead atoms. The highest BCUT2D eigenvalue weighted by molar-refractivity contribution is 5.60. The van der Waals surface area contributed by atoms with Gasteiger partial charge in [0.25, 0.3) is 5.56 Å². The Balaban J connectivity index is 1.60. The molecule has 0 radical (unpaired) electrons. The van der Waals surface area contributed by atoms with Crippen LogP contribution in [0.1, 0.15) is 24.3 Å². The SMILES string of the molecule is CC(c1ccco1)N(C)Cc1cccc(-c2nc(-c3ccco3)cc(=O)[nH]2)c1. The Morgan fingerprint density at radius 1 is 1.07 bits per heavy atom. The molecule has 6 heteroatoms. The van der Waals surface area contributed by atoms with Gasteiger partial charge >= 0.3 is 0 Å². The molecule has 0 aliphatic carbocycles. The summed E-state index contributed by atoms with van der Waals surface area (Å²) < 4.78 is 10.9. The lowest BCUT2D eigenvalue weighted by molar-refractivity contribution is 0.223. The fraction of sp³-hybridized carbons (Fsp3) is 0.182. The van der Waals surface area contributed by atoms with Gasteiger partial charge in [-0.3, -0.25) is 9.69 Å². The molecule has 0 saturated carbocycles. The van der Waals surface area contributed by atoms with E-state index in [2.05, 4.69) is 34.9 Å². The Morgan fingerprint density at radius 2 is 1.89 bits per heavy atom. The summed E-state index contributed by atoms with van der Waals surface area (Å²) in [6, 6.07) is 17.0.